The Kier molecular flexibility index (Phi) is 3.90. The van der Waals surface area contributed by atoms with Crippen LogP contribution < -0.4 is 9.80 Å². The molecule has 0 radical (unpaired) electrons. The summed E-state index contributed by atoms with van der Waals surface area (Å²) in [6.45, 7) is 0. The Labute approximate surface area is 166 Å². The van der Waals surface area contributed by atoms with E-state index >= 15 is 0 Å². The van der Waals surface area contributed by atoms with Crippen molar-refractivity contribution in [1.29, 1.82) is 0 Å². The van der Waals surface area contributed by atoms with E-state index in [2.05, 4.69) is 20.7 Å². The number of amides is 2. The highest BCUT2D eigenvalue weighted by Crippen LogP contribution is 2.42. The van der Waals surface area contributed by atoms with Gasteiger partial charge < -0.3 is 4.90 Å². The van der Waals surface area contributed by atoms with Crippen LogP contribution in [0.4, 0.5) is 17.1 Å². The highest BCUT2D eigenvalue weighted by molar-refractivity contribution is 6.21. The van der Waals surface area contributed by atoms with Crippen LogP contribution in [-0.2, 0) is 9.59 Å². The van der Waals surface area contributed by atoms with Crippen LogP contribution in [0, 0.1) is 0 Å². The molecule has 8 nitrogen and oxygen atoms in total. The second kappa shape index (κ2) is 6.59. The van der Waals surface area contributed by atoms with E-state index in [1.54, 1.807) is 16.8 Å². The second-order valence-corrected chi connectivity index (χ2v) is 6.89. The van der Waals surface area contributed by atoms with Crippen LogP contribution in [-0.4, -0.2) is 18.9 Å². The fraction of sp³-hybridized carbons (Fsp3) is 0.143. The van der Waals surface area contributed by atoms with E-state index in [1.807, 2.05) is 60.7 Å². The molecule has 0 aliphatic carbocycles. The fourth-order valence-corrected chi connectivity index (χ4v) is 3.77. The standard InChI is InChI=1S/C21H16N6O2/c1-26-18(28)12-19(29)27(15-7-4-6-14(11-15)21-22-24-25-23-21)17-10-9-13-5-2-3-8-16(13)20(17)26/h2-11,21H,12H2,1H3. The van der Waals surface area contributed by atoms with Crippen LogP contribution >= 0.6 is 0 Å². The number of fused-ring (bicyclic) bond motifs is 3. The lowest BCUT2D eigenvalue weighted by molar-refractivity contribution is -0.125. The summed E-state index contributed by atoms with van der Waals surface area (Å²) in [4.78, 5) is 29.0. The summed E-state index contributed by atoms with van der Waals surface area (Å²) in [5.41, 5.74) is 2.79. The zero-order chi connectivity index (χ0) is 20.0. The van der Waals surface area contributed by atoms with Gasteiger partial charge in [-0.25, -0.2) is 0 Å². The normalized spacial score (nSPS) is 16.6. The molecule has 2 amide bonds. The summed E-state index contributed by atoms with van der Waals surface area (Å²) in [5, 5.41) is 17.0. The molecule has 0 fully saturated rings. The lowest BCUT2D eigenvalue weighted by Gasteiger charge is -2.25. The molecule has 0 atom stereocenters. The Balaban J connectivity index is 1.73. The van der Waals surface area contributed by atoms with E-state index in [1.165, 1.54) is 0 Å². The Bertz CT molecular complexity index is 1210. The summed E-state index contributed by atoms with van der Waals surface area (Å²) in [6.07, 6.45) is -0.732. The summed E-state index contributed by atoms with van der Waals surface area (Å²) in [6, 6.07) is 19.0. The van der Waals surface area contributed by atoms with Gasteiger partial charge in [-0.2, -0.15) is 0 Å². The number of carbonyl (C=O) groups is 2. The predicted molar refractivity (Wildman–Crippen MR) is 108 cm³/mol. The average Bonchev–Trinajstić information content (AvgIpc) is 3.25. The topological polar surface area (TPSA) is 90.1 Å². The fourth-order valence-electron chi connectivity index (χ4n) is 3.77. The van der Waals surface area contributed by atoms with E-state index in [4.69, 9.17) is 0 Å². The zero-order valence-corrected chi connectivity index (χ0v) is 15.6. The van der Waals surface area contributed by atoms with E-state index in [-0.39, 0.29) is 18.2 Å². The minimum Gasteiger partial charge on any atom is -0.313 e. The number of benzene rings is 3. The third-order valence-electron chi connectivity index (χ3n) is 5.17. The highest BCUT2D eigenvalue weighted by Gasteiger charge is 2.32. The van der Waals surface area contributed by atoms with Gasteiger partial charge in [-0.3, -0.25) is 14.5 Å². The summed E-state index contributed by atoms with van der Waals surface area (Å²) < 4.78 is 0. The van der Waals surface area contributed by atoms with E-state index in [0.29, 0.717) is 17.1 Å². The molecule has 0 spiro atoms. The van der Waals surface area contributed by atoms with Crippen LogP contribution in [0.3, 0.4) is 0 Å². The zero-order valence-electron chi connectivity index (χ0n) is 15.6. The highest BCUT2D eigenvalue weighted by atomic mass is 16.2. The predicted octanol–water partition coefficient (Wildman–Crippen LogP) is 4.70. The molecule has 0 saturated carbocycles. The van der Waals surface area contributed by atoms with Crippen molar-refractivity contribution in [3.05, 3.63) is 66.2 Å². The summed E-state index contributed by atoms with van der Waals surface area (Å²) in [5.74, 6) is -0.535. The molecule has 0 unspecified atom stereocenters. The molecule has 2 aliphatic rings. The van der Waals surface area contributed by atoms with Gasteiger partial charge in [0.25, 0.3) is 0 Å². The molecule has 8 heteroatoms. The molecule has 3 aromatic carbocycles. The first-order chi connectivity index (χ1) is 14.1. The number of anilines is 3. The monoisotopic (exact) mass is 384 g/mol. The van der Waals surface area contributed by atoms with Crippen molar-refractivity contribution in [3.63, 3.8) is 0 Å². The first-order valence-electron chi connectivity index (χ1n) is 9.15. The number of hydrogen-bond acceptors (Lipinski definition) is 6. The minimum atomic E-state index is -0.516. The van der Waals surface area contributed by atoms with Crippen LogP contribution in [0.2, 0.25) is 0 Å². The van der Waals surface area contributed by atoms with Gasteiger partial charge >= 0.3 is 0 Å². The van der Waals surface area contributed by atoms with Crippen LogP contribution in [0.25, 0.3) is 10.8 Å². The maximum absolute atomic E-state index is 13.1. The molecule has 2 heterocycles. The van der Waals surface area contributed by atoms with Gasteiger partial charge in [0.1, 0.15) is 6.42 Å². The van der Waals surface area contributed by atoms with Gasteiger partial charge in [-0.1, -0.05) is 42.5 Å². The molecular weight excluding hydrogens is 368 g/mol. The van der Waals surface area contributed by atoms with Gasteiger partial charge in [0.2, 0.25) is 18.0 Å². The molecule has 0 N–H and O–H groups in total. The third kappa shape index (κ3) is 2.77. The van der Waals surface area contributed by atoms with Crippen molar-refractivity contribution in [2.45, 2.75) is 12.6 Å². The molecule has 2 aliphatic heterocycles. The van der Waals surface area contributed by atoms with Crippen LogP contribution in [0.15, 0.2) is 81.3 Å². The minimum absolute atomic E-state index is 0.216. The van der Waals surface area contributed by atoms with Crippen molar-refractivity contribution >= 4 is 39.6 Å². The first-order valence-corrected chi connectivity index (χ1v) is 9.15. The molecule has 3 aromatic rings. The van der Waals surface area contributed by atoms with E-state index in [0.717, 1.165) is 16.3 Å². The lowest BCUT2D eigenvalue weighted by atomic mass is 10.0. The molecule has 0 saturated heterocycles. The van der Waals surface area contributed by atoms with Gasteiger partial charge in [0.15, 0.2) is 0 Å². The van der Waals surface area contributed by atoms with Crippen LogP contribution in [0.1, 0.15) is 18.2 Å². The van der Waals surface area contributed by atoms with Gasteiger partial charge in [-0.15, -0.1) is 10.2 Å². The smallest absolute Gasteiger partial charge is 0.241 e. The summed E-state index contributed by atoms with van der Waals surface area (Å²) >= 11 is 0. The van der Waals surface area contributed by atoms with Crippen molar-refractivity contribution < 1.29 is 9.59 Å². The molecule has 29 heavy (non-hydrogen) atoms. The maximum atomic E-state index is 13.1. The van der Waals surface area contributed by atoms with Gasteiger partial charge in [0.05, 0.1) is 11.4 Å². The Morgan fingerprint density at radius 2 is 1.69 bits per heavy atom. The number of carbonyl (C=O) groups excluding carboxylic acids is 2. The largest absolute Gasteiger partial charge is 0.313 e. The maximum Gasteiger partial charge on any atom is 0.241 e. The molecule has 0 bridgehead atoms. The van der Waals surface area contributed by atoms with Crippen molar-refractivity contribution in [2.24, 2.45) is 20.7 Å². The summed E-state index contributed by atoms with van der Waals surface area (Å²) in [7, 11) is 1.71. The quantitative estimate of drug-likeness (QED) is 0.599. The number of hydrogen-bond donors (Lipinski definition) is 0. The van der Waals surface area contributed by atoms with Gasteiger partial charge in [-0.05, 0) is 34.0 Å². The van der Waals surface area contributed by atoms with E-state index < -0.39 is 6.17 Å². The molecule has 0 aromatic heterocycles. The van der Waals surface area contributed by atoms with E-state index in [9.17, 15) is 9.59 Å². The van der Waals surface area contributed by atoms with Crippen LogP contribution in [0.5, 0.6) is 0 Å². The molecule has 142 valence electrons. The SMILES string of the molecule is CN1C(=O)CC(=O)N(c2cccc(C3N=NN=N3)c2)c2ccc3ccccc3c21. The Morgan fingerprint density at radius 1 is 0.897 bits per heavy atom. The molecular formula is C21H16N6O2. The average molecular weight is 384 g/mol. The van der Waals surface area contributed by atoms with Crippen molar-refractivity contribution in [1.82, 2.24) is 0 Å². The third-order valence-corrected chi connectivity index (χ3v) is 5.17. The number of rotatable bonds is 2. The molecule has 5 rings (SSSR count). The Morgan fingerprint density at radius 3 is 2.52 bits per heavy atom. The van der Waals surface area contributed by atoms with Gasteiger partial charge in [0, 0.05) is 23.7 Å². The first kappa shape index (κ1) is 17.2. The lowest BCUT2D eigenvalue weighted by Crippen LogP contribution is -2.28. The van der Waals surface area contributed by atoms with Crippen molar-refractivity contribution in [3.8, 4) is 0 Å². The second-order valence-electron chi connectivity index (χ2n) is 6.89. The van der Waals surface area contributed by atoms with Crippen molar-refractivity contribution in [2.75, 3.05) is 16.8 Å². The Hall–Kier alpha value is -3.94. The number of nitrogens with zero attached hydrogens (tertiary/aromatic N) is 6.